The number of aromatic nitrogens is 3. The summed E-state index contributed by atoms with van der Waals surface area (Å²) in [6.45, 7) is 14.1. The minimum absolute atomic E-state index is 0.105. The summed E-state index contributed by atoms with van der Waals surface area (Å²) in [6.07, 6.45) is 2.37. The second kappa shape index (κ2) is 6.65. The van der Waals surface area contributed by atoms with Crippen molar-refractivity contribution in [3.8, 4) is 0 Å². The number of rotatable bonds is 5. The maximum absolute atomic E-state index is 5.54. The maximum atomic E-state index is 5.54. The third-order valence-electron chi connectivity index (χ3n) is 3.36. The van der Waals surface area contributed by atoms with Crippen LogP contribution in [0.4, 0.5) is 0 Å². The molecule has 1 N–H and O–H groups in total. The van der Waals surface area contributed by atoms with E-state index in [1.165, 1.54) is 0 Å². The number of hydrogen-bond donors (Lipinski definition) is 1. The zero-order valence-corrected chi connectivity index (χ0v) is 13.1. The highest BCUT2D eigenvalue weighted by Crippen LogP contribution is 2.05. The summed E-state index contributed by atoms with van der Waals surface area (Å²) in [4.78, 5) is 2.42. The van der Waals surface area contributed by atoms with Crippen molar-refractivity contribution in [1.29, 1.82) is 0 Å². The Balaban J connectivity index is 1.75. The summed E-state index contributed by atoms with van der Waals surface area (Å²) in [5.41, 5.74) is 1.10. The van der Waals surface area contributed by atoms with Crippen LogP contribution < -0.4 is 5.32 Å². The molecule has 1 aliphatic rings. The Morgan fingerprint density at radius 1 is 1.40 bits per heavy atom. The van der Waals surface area contributed by atoms with E-state index in [2.05, 4.69) is 48.2 Å². The Bertz CT molecular complexity index is 412. The van der Waals surface area contributed by atoms with Crippen molar-refractivity contribution in [1.82, 2.24) is 25.2 Å². The Hall–Kier alpha value is -0.980. The minimum Gasteiger partial charge on any atom is -0.376 e. The fraction of sp³-hybridized carbons (Fsp3) is 0.857. The zero-order chi connectivity index (χ0) is 14.6. The van der Waals surface area contributed by atoms with Crippen LogP contribution in [0, 0.1) is 0 Å². The molecule has 0 bridgehead atoms. The summed E-state index contributed by atoms with van der Waals surface area (Å²) in [6, 6.07) is 0. The third-order valence-corrected chi connectivity index (χ3v) is 3.36. The van der Waals surface area contributed by atoms with E-state index in [1.54, 1.807) is 0 Å². The van der Waals surface area contributed by atoms with E-state index in [9.17, 15) is 0 Å². The van der Waals surface area contributed by atoms with Crippen LogP contribution in [0.2, 0.25) is 0 Å². The van der Waals surface area contributed by atoms with Gasteiger partial charge in [-0.1, -0.05) is 5.21 Å². The van der Waals surface area contributed by atoms with Crippen LogP contribution in [-0.4, -0.2) is 57.8 Å². The Labute approximate surface area is 121 Å². The molecule has 1 aromatic rings. The highest BCUT2D eigenvalue weighted by molar-refractivity contribution is 4.93. The predicted molar refractivity (Wildman–Crippen MR) is 78.5 cm³/mol. The van der Waals surface area contributed by atoms with Crippen molar-refractivity contribution in [3.63, 3.8) is 0 Å². The van der Waals surface area contributed by atoms with Gasteiger partial charge in [0, 0.05) is 37.9 Å². The summed E-state index contributed by atoms with van der Waals surface area (Å²) < 4.78 is 7.47. The smallest absolute Gasteiger partial charge is 0.0965 e. The van der Waals surface area contributed by atoms with Crippen molar-refractivity contribution in [2.45, 2.75) is 52.4 Å². The van der Waals surface area contributed by atoms with E-state index in [4.69, 9.17) is 4.74 Å². The molecular weight excluding hydrogens is 254 g/mol. The monoisotopic (exact) mass is 281 g/mol. The topological polar surface area (TPSA) is 55.2 Å². The van der Waals surface area contributed by atoms with Crippen molar-refractivity contribution in [3.05, 3.63) is 11.9 Å². The molecule has 1 aliphatic heterocycles. The van der Waals surface area contributed by atoms with Crippen LogP contribution in [0.15, 0.2) is 6.20 Å². The number of morpholine rings is 1. The summed E-state index contributed by atoms with van der Waals surface area (Å²) in [5.74, 6) is 0. The van der Waals surface area contributed by atoms with Crippen molar-refractivity contribution in [2.75, 3.05) is 26.2 Å². The SMILES string of the molecule is CC1CN(CCn2cc(CNC(C)(C)C)nn2)CCO1. The quantitative estimate of drug-likeness (QED) is 0.868. The zero-order valence-electron chi connectivity index (χ0n) is 13.1. The van der Waals surface area contributed by atoms with Gasteiger partial charge >= 0.3 is 0 Å². The van der Waals surface area contributed by atoms with E-state index >= 15 is 0 Å². The molecule has 0 amide bonds. The van der Waals surface area contributed by atoms with Crippen LogP contribution in [0.3, 0.4) is 0 Å². The summed E-state index contributed by atoms with van der Waals surface area (Å²) in [5, 5.41) is 11.8. The standard InChI is InChI=1S/C14H27N5O/c1-12-10-18(7-8-20-12)5-6-19-11-13(16-17-19)9-15-14(2,3)4/h11-12,15H,5-10H2,1-4H3. The Morgan fingerprint density at radius 2 is 2.20 bits per heavy atom. The van der Waals surface area contributed by atoms with E-state index in [-0.39, 0.29) is 5.54 Å². The normalized spacial score (nSPS) is 21.3. The van der Waals surface area contributed by atoms with Gasteiger partial charge in [-0.15, -0.1) is 5.10 Å². The van der Waals surface area contributed by atoms with Gasteiger partial charge in [0.05, 0.1) is 24.9 Å². The molecule has 0 spiro atoms. The highest BCUT2D eigenvalue weighted by atomic mass is 16.5. The van der Waals surface area contributed by atoms with Crippen molar-refractivity contribution in [2.24, 2.45) is 0 Å². The molecule has 1 unspecified atom stereocenters. The lowest BCUT2D eigenvalue weighted by Crippen LogP contribution is -2.42. The average Bonchev–Trinajstić information content (AvgIpc) is 2.81. The molecule has 0 saturated carbocycles. The van der Waals surface area contributed by atoms with E-state index in [0.29, 0.717) is 6.10 Å². The number of nitrogens with one attached hydrogen (secondary N) is 1. The fourth-order valence-electron chi connectivity index (χ4n) is 2.22. The van der Waals surface area contributed by atoms with E-state index < -0.39 is 0 Å². The maximum Gasteiger partial charge on any atom is 0.0965 e. The molecule has 6 nitrogen and oxygen atoms in total. The van der Waals surface area contributed by atoms with Crippen LogP contribution in [-0.2, 0) is 17.8 Å². The van der Waals surface area contributed by atoms with Crippen LogP contribution >= 0.6 is 0 Å². The largest absolute Gasteiger partial charge is 0.376 e. The van der Waals surface area contributed by atoms with Gasteiger partial charge in [0.1, 0.15) is 0 Å². The first-order valence-corrected chi connectivity index (χ1v) is 7.40. The van der Waals surface area contributed by atoms with E-state index in [1.807, 2.05) is 10.9 Å². The van der Waals surface area contributed by atoms with Gasteiger partial charge in [-0.2, -0.15) is 0 Å². The van der Waals surface area contributed by atoms with Gasteiger partial charge < -0.3 is 10.1 Å². The number of hydrogen-bond acceptors (Lipinski definition) is 5. The minimum atomic E-state index is 0.105. The first-order chi connectivity index (χ1) is 9.42. The van der Waals surface area contributed by atoms with E-state index in [0.717, 1.165) is 45.0 Å². The molecule has 6 heteroatoms. The van der Waals surface area contributed by atoms with Crippen molar-refractivity contribution < 1.29 is 4.74 Å². The lowest BCUT2D eigenvalue weighted by Gasteiger charge is -2.30. The molecule has 1 saturated heterocycles. The van der Waals surface area contributed by atoms with Crippen LogP contribution in [0.5, 0.6) is 0 Å². The third kappa shape index (κ3) is 5.19. The molecule has 1 fully saturated rings. The molecule has 114 valence electrons. The number of ether oxygens (including phenoxy) is 1. The van der Waals surface area contributed by atoms with Gasteiger partial charge in [0.2, 0.25) is 0 Å². The van der Waals surface area contributed by atoms with Crippen molar-refractivity contribution >= 4 is 0 Å². The summed E-state index contributed by atoms with van der Waals surface area (Å²) in [7, 11) is 0. The first-order valence-electron chi connectivity index (χ1n) is 7.40. The molecule has 0 radical (unpaired) electrons. The Morgan fingerprint density at radius 3 is 2.90 bits per heavy atom. The Kier molecular flexibility index (Phi) is 5.12. The lowest BCUT2D eigenvalue weighted by molar-refractivity contribution is -0.0194. The molecule has 0 aliphatic carbocycles. The van der Waals surface area contributed by atoms with Crippen LogP contribution in [0.25, 0.3) is 0 Å². The molecule has 1 atom stereocenters. The highest BCUT2D eigenvalue weighted by Gasteiger charge is 2.16. The van der Waals surface area contributed by atoms with Crippen LogP contribution in [0.1, 0.15) is 33.4 Å². The van der Waals surface area contributed by atoms with Gasteiger partial charge in [-0.05, 0) is 27.7 Å². The fourth-order valence-corrected chi connectivity index (χ4v) is 2.22. The van der Waals surface area contributed by atoms with Gasteiger partial charge in [0.25, 0.3) is 0 Å². The second-order valence-electron chi connectivity index (χ2n) is 6.56. The first kappa shape index (κ1) is 15.4. The van der Waals surface area contributed by atoms with Gasteiger partial charge in [0.15, 0.2) is 0 Å². The average molecular weight is 281 g/mol. The molecule has 1 aromatic heterocycles. The molecule has 0 aromatic carbocycles. The predicted octanol–water partition coefficient (Wildman–Crippen LogP) is 0.887. The van der Waals surface area contributed by atoms with Gasteiger partial charge in [-0.3, -0.25) is 9.58 Å². The molecule has 2 heterocycles. The summed E-state index contributed by atoms with van der Waals surface area (Å²) >= 11 is 0. The molecule has 20 heavy (non-hydrogen) atoms. The second-order valence-corrected chi connectivity index (χ2v) is 6.56. The number of nitrogens with zero attached hydrogens (tertiary/aromatic N) is 4. The molecule has 2 rings (SSSR count). The lowest BCUT2D eigenvalue weighted by atomic mass is 10.1. The molecular formula is C14H27N5O. The van der Waals surface area contributed by atoms with Gasteiger partial charge in [-0.25, -0.2) is 0 Å².